The van der Waals surface area contributed by atoms with E-state index < -0.39 is 6.10 Å². The third kappa shape index (κ3) is 2.53. The van der Waals surface area contributed by atoms with Gasteiger partial charge in [-0.05, 0) is 37.3 Å². The van der Waals surface area contributed by atoms with E-state index in [-0.39, 0.29) is 18.2 Å². The molecular weight excluding hydrogens is 320 g/mol. The van der Waals surface area contributed by atoms with Gasteiger partial charge in [0.05, 0.1) is 11.2 Å². The topological polar surface area (TPSA) is 77.3 Å². The molecule has 7 heteroatoms. The Labute approximate surface area is 143 Å². The van der Waals surface area contributed by atoms with Crippen LogP contribution in [-0.4, -0.2) is 39.8 Å². The number of rotatable bonds is 3. The maximum Gasteiger partial charge on any atom is 0.267 e. The molecule has 0 aliphatic carbocycles. The highest BCUT2D eigenvalue weighted by Crippen LogP contribution is 2.34. The molecule has 3 aromatic rings. The molecule has 126 valence electrons. The highest BCUT2D eigenvalue weighted by molar-refractivity contribution is 6.02. The van der Waals surface area contributed by atoms with E-state index in [2.05, 4.69) is 10.3 Å². The van der Waals surface area contributed by atoms with E-state index in [1.807, 2.05) is 24.3 Å². The molecule has 0 N–H and O–H groups in total. The molecule has 0 radical (unpaired) electrons. The van der Waals surface area contributed by atoms with Gasteiger partial charge in [0, 0.05) is 12.6 Å². The van der Waals surface area contributed by atoms with Gasteiger partial charge in [0.25, 0.3) is 5.91 Å². The number of carbonyl (C=O) groups is 2. The van der Waals surface area contributed by atoms with Gasteiger partial charge in [-0.2, -0.15) is 0 Å². The summed E-state index contributed by atoms with van der Waals surface area (Å²) in [5.74, 6) is 0.342. The van der Waals surface area contributed by atoms with E-state index in [1.54, 1.807) is 36.9 Å². The smallest absolute Gasteiger partial charge is 0.267 e. The fourth-order valence-electron chi connectivity index (χ4n) is 2.95. The SMILES string of the molecule is C[C@H]1Oc2ccc(C(=O)Cn3nnc4ccccc43)cc2N(C)C1=O. The Bertz CT molecular complexity index is 995. The number of Topliss-reactive ketones (excluding diaryl/α,β-unsaturated/α-hetero) is 1. The van der Waals surface area contributed by atoms with Crippen LogP contribution in [0.15, 0.2) is 42.5 Å². The molecule has 1 aliphatic heterocycles. The number of ether oxygens (including phenoxy) is 1. The first kappa shape index (κ1) is 15.3. The number of ketones is 1. The number of amides is 1. The van der Waals surface area contributed by atoms with Crippen molar-refractivity contribution in [2.24, 2.45) is 0 Å². The first-order valence-electron chi connectivity index (χ1n) is 7.94. The predicted molar refractivity (Wildman–Crippen MR) is 91.8 cm³/mol. The lowest BCUT2D eigenvalue weighted by Gasteiger charge is -2.30. The quantitative estimate of drug-likeness (QED) is 0.684. The molecule has 7 nitrogen and oxygen atoms in total. The van der Waals surface area contributed by atoms with Gasteiger partial charge >= 0.3 is 0 Å². The van der Waals surface area contributed by atoms with Crippen molar-refractivity contribution in [2.45, 2.75) is 19.6 Å². The molecule has 0 bridgehead atoms. The van der Waals surface area contributed by atoms with Crippen molar-refractivity contribution in [3.05, 3.63) is 48.0 Å². The molecule has 0 saturated heterocycles. The van der Waals surface area contributed by atoms with Crippen LogP contribution in [0.25, 0.3) is 11.0 Å². The Morgan fingerprint density at radius 3 is 2.88 bits per heavy atom. The minimum atomic E-state index is -0.527. The zero-order valence-corrected chi connectivity index (χ0v) is 13.8. The number of fused-ring (bicyclic) bond motifs is 2. The number of anilines is 1. The Morgan fingerprint density at radius 2 is 2.04 bits per heavy atom. The van der Waals surface area contributed by atoms with Crippen molar-refractivity contribution < 1.29 is 14.3 Å². The molecule has 0 saturated carbocycles. The van der Waals surface area contributed by atoms with Crippen molar-refractivity contribution in [3.63, 3.8) is 0 Å². The van der Waals surface area contributed by atoms with E-state index in [0.29, 0.717) is 17.0 Å². The summed E-state index contributed by atoms with van der Waals surface area (Å²) >= 11 is 0. The van der Waals surface area contributed by atoms with Crippen LogP contribution < -0.4 is 9.64 Å². The Balaban J connectivity index is 1.64. The molecule has 0 unspecified atom stereocenters. The van der Waals surface area contributed by atoms with E-state index in [0.717, 1.165) is 11.0 Å². The molecule has 25 heavy (non-hydrogen) atoms. The largest absolute Gasteiger partial charge is 0.479 e. The number of aromatic nitrogens is 3. The van der Waals surface area contributed by atoms with E-state index in [9.17, 15) is 9.59 Å². The summed E-state index contributed by atoms with van der Waals surface area (Å²) in [5, 5.41) is 8.10. The van der Waals surface area contributed by atoms with Crippen LogP contribution in [-0.2, 0) is 11.3 Å². The van der Waals surface area contributed by atoms with Gasteiger partial charge in [-0.25, -0.2) is 4.68 Å². The van der Waals surface area contributed by atoms with Crippen LogP contribution in [0.5, 0.6) is 5.75 Å². The Hall–Kier alpha value is -3.22. The first-order valence-corrected chi connectivity index (χ1v) is 7.94. The van der Waals surface area contributed by atoms with E-state index in [4.69, 9.17) is 4.74 Å². The van der Waals surface area contributed by atoms with Gasteiger partial charge in [-0.1, -0.05) is 17.3 Å². The van der Waals surface area contributed by atoms with Crippen molar-refractivity contribution in [2.75, 3.05) is 11.9 Å². The molecule has 1 atom stereocenters. The van der Waals surface area contributed by atoms with Crippen LogP contribution in [0.2, 0.25) is 0 Å². The van der Waals surface area contributed by atoms with Gasteiger partial charge in [-0.3, -0.25) is 9.59 Å². The van der Waals surface area contributed by atoms with Crippen LogP contribution >= 0.6 is 0 Å². The molecule has 0 fully saturated rings. The third-order valence-corrected chi connectivity index (χ3v) is 4.34. The van der Waals surface area contributed by atoms with Crippen molar-refractivity contribution >= 4 is 28.4 Å². The average molecular weight is 336 g/mol. The van der Waals surface area contributed by atoms with Crippen LogP contribution in [0.1, 0.15) is 17.3 Å². The molecular formula is C18H16N4O3. The minimum Gasteiger partial charge on any atom is -0.479 e. The summed E-state index contributed by atoms with van der Waals surface area (Å²) < 4.78 is 7.16. The van der Waals surface area contributed by atoms with Gasteiger partial charge in [0.1, 0.15) is 17.8 Å². The predicted octanol–water partition coefficient (Wildman–Crippen LogP) is 2.06. The van der Waals surface area contributed by atoms with Crippen LogP contribution in [0.4, 0.5) is 5.69 Å². The lowest BCUT2D eigenvalue weighted by molar-refractivity contribution is -0.125. The third-order valence-electron chi connectivity index (χ3n) is 4.34. The Kier molecular flexibility index (Phi) is 3.49. The van der Waals surface area contributed by atoms with E-state index >= 15 is 0 Å². The van der Waals surface area contributed by atoms with Gasteiger partial charge in [0.15, 0.2) is 11.9 Å². The number of para-hydroxylation sites is 1. The van der Waals surface area contributed by atoms with Crippen LogP contribution in [0.3, 0.4) is 0 Å². The van der Waals surface area contributed by atoms with Gasteiger partial charge in [-0.15, -0.1) is 5.10 Å². The number of nitrogens with zero attached hydrogens (tertiary/aromatic N) is 4. The summed E-state index contributed by atoms with van der Waals surface area (Å²) in [4.78, 5) is 26.2. The summed E-state index contributed by atoms with van der Waals surface area (Å²) in [6, 6.07) is 12.6. The molecule has 2 aromatic carbocycles. The monoisotopic (exact) mass is 336 g/mol. The molecule has 1 aliphatic rings. The summed E-state index contributed by atoms with van der Waals surface area (Å²) in [6.45, 7) is 1.78. The molecule has 4 rings (SSSR count). The highest BCUT2D eigenvalue weighted by atomic mass is 16.5. The second-order valence-electron chi connectivity index (χ2n) is 6.00. The van der Waals surface area contributed by atoms with Crippen molar-refractivity contribution in [1.82, 2.24) is 15.0 Å². The zero-order valence-electron chi connectivity index (χ0n) is 13.8. The summed E-state index contributed by atoms with van der Waals surface area (Å²) in [6.07, 6.45) is -0.527. The number of carbonyl (C=O) groups excluding carboxylic acids is 2. The average Bonchev–Trinajstić information content (AvgIpc) is 3.03. The van der Waals surface area contributed by atoms with Crippen molar-refractivity contribution in [1.29, 1.82) is 0 Å². The number of benzene rings is 2. The molecule has 1 aromatic heterocycles. The lowest BCUT2D eigenvalue weighted by atomic mass is 10.1. The standard InChI is InChI=1S/C18H16N4O3/c1-11-18(24)21(2)15-9-12(7-8-17(15)25-11)16(23)10-22-14-6-4-3-5-13(14)19-20-22/h3-9,11H,10H2,1-2H3/t11-/m1/s1. The maximum atomic E-state index is 12.7. The zero-order chi connectivity index (χ0) is 17.6. The summed E-state index contributed by atoms with van der Waals surface area (Å²) in [5.41, 5.74) is 2.64. The lowest BCUT2D eigenvalue weighted by Crippen LogP contribution is -2.42. The van der Waals surface area contributed by atoms with Crippen LogP contribution in [0, 0.1) is 0 Å². The molecule has 2 heterocycles. The fraction of sp³-hybridized carbons (Fsp3) is 0.222. The fourth-order valence-corrected chi connectivity index (χ4v) is 2.95. The summed E-state index contributed by atoms with van der Waals surface area (Å²) in [7, 11) is 1.68. The maximum absolute atomic E-state index is 12.7. The Morgan fingerprint density at radius 1 is 1.24 bits per heavy atom. The number of hydrogen-bond donors (Lipinski definition) is 0. The normalized spacial score (nSPS) is 16.6. The van der Waals surface area contributed by atoms with Gasteiger partial charge in [0.2, 0.25) is 0 Å². The minimum absolute atomic E-state index is 0.0776. The van der Waals surface area contributed by atoms with E-state index in [1.165, 1.54) is 4.90 Å². The highest BCUT2D eigenvalue weighted by Gasteiger charge is 2.29. The van der Waals surface area contributed by atoms with Gasteiger partial charge < -0.3 is 9.64 Å². The number of hydrogen-bond acceptors (Lipinski definition) is 5. The molecule has 1 amide bonds. The first-order chi connectivity index (χ1) is 12.0. The second kappa shape index (κ2) is 5.70. The number of likely N-dealkylation sites (N-methyl/N-ethyl adjacent to an activating group) is 1. The van der Waals surface area contributed by atoms with Crippen molar-refractivity contribution in [3.8, 4) is 5.75 Å². The second-order valence-corrected chi connectivity index (χ2v) is 6.00. The molecule has 0 spiro atoms.